The minimum atomic E-state index is -0.0744. The number of carbonyl (C=O) groups is 1. The van der Waals surface area contributed by atoms with Gasteiger partial charge in [-0.1, -0.05) is 19.1 Å². The largest absolute Gasteiger partial charge is 0.497 e. The van der Waals surface area contributed by atoms with E-state index in [4.69, 9.17) is 4.74 Å². The van der Waals surface area contributed by atoms with Gasteiger partial charge in [0, 0.05) is 37.2 Å². The van der Waals surface area contributed by atoms with E-state index in [9.17, 15) is 4.79 Å². The van der Waals surface area contributed by atoms with Gasteiger partial charge in [0.05, 0.1) is 7.11 Å². The Labute approximate surface area is 183 Å². The van der Waals surface area contributed by atoms with Gasteiger partial charge in [-0.05, 0) is 31.0 Å². The van der Waals surface area contributed by atoms with Crippen molar-refractivity contribution in [3.05, 3.63) is 29.8 Å². The Hall–Kier alpha value is -1.16. The molecule has 2 rings (SSSR count). The van der Waals surface area contributed by atoms with Crippen LogP contribution in [0.15, 0.2) is 29.3 Å². The van der Waals surface area contributed by atoms with Crippen LogP contribution in [-0.2, 0) is 11.3 Å². The highest BCUT2D eigenvalue weighted by Gasteiger charge is 2.21. The van der Waals surface area contributed by atoms with E-state index in [1.165, 1.54) is 0 Å². The highest BCUT2D eigenvalue weighted by molar-refractivity contribution is 14.0. The van der Waals surface area contributed by atoms with Crippen LogP contribution in [0.1, 0.15) is 25.8 Å². The molecular formula is C19H31IN4O2S. The fourth-order valence-corrected chi connectivity index (χ4v) is 3.91. The summed E-state index contributed by atoms with van der Waals surface area (Å²) in [5, 5.41) is 6.87. The van der Waals surface area contributed by atoms with Crippen molar-refractivity contribution in [2.24, 2.45) is 4.99 Å². The molecular weight excluding hydrogens is 475 g/mol. The summed E-state index contributed by atoms with van der Waals surface area (Å²) in [6.45, 7) is 7.66. The molecule has 1 amide bonds. The minimum Gasteiger partial charge on any atom is -0.497 e. The van der Waals surface area contributed by atoms with Gasteiger partial charge >= 0.3 is 0 Å². The van der Waals surface area contributed by atoms with Crippen molar-refractivity contribution in [1.82, 2.24) is 15.5 Å². The molecule has 0 saturated carbocycles. The van der Waals surface area contributed by atoms with E-state index >= 15 is 0 Å². The van der Waals surface area contributed by atoms with Crippen LogP contribution in [0, 0.1) is 0 Å². The Balaban J connectivity index is 0.00000364. The van der Waals surface area contributed by atoms with E-state index in [-0.39, 0.29) is 36.4 Å². The lowest BCUT2D eigenvalue weighted by atomic mass is 10.2. The molecule has 1 atom stereocenters. The van der Waals surface area contributed by atoms with Gasteiger partial charge in [0.2, 0.25) is 5.91 Å². The second-order valence-electron chi connectivity index (χ2n) is 6.14. The van der Waals surface area contributed by atoms with Crippen molar-refractivity contribution in [3.63, 3.8) is 0 Å². The maximum absolute atomic E-state index is 12.2. The maximum atomic E-state index is 12.2. The number of methoxy groups -OCH3 is 1. The quantitative estimate of drug-likeness (QED) is 0.338. The third kappa shape index (κ3) is 8.16. The Morgan fingerprint density at radius 1 is 1.30 bits per heavy atom. The fraction of sp³-hybridized carbons (Fsp3) is 0.579. The maximum Gasteiger partial charge on any atom is 0.242 e. The SMILES string of the molecule is CCNC(=NCC(=O)NCc1ccc(OC)cc1)N1CCSC(CC)C1.I. The summed E-state index contributed by atoms with van der Waals surface area (Å²) in [6.07, 6.45) is 1.16. The van der Waals surface area contributed by atoms with Gasteiger partial charge in [-0.15, -0.1) is 24.0 Å². The van der Waals surface area contributed by atoms with Crippen LogP contribution in [-0.4, -0.2) is 61.1 Å². The molecule has 27 heavy (non-hydrogen) atoms. The van der Waals surface area contributed by atoms with Crippen LogP contribution in [0.3, 0.4) is 0 Å². The predicted molar refractivity (Wildman–Crippen MR) is 124 cm³/mol. The third-order valence-electron chi connectivity index (χ3n) is 4.25. The van der Waals surface area contributed by atoms with Crippen molar-refractivity contribution in [1.29, 1.82) is 0 Å². The van der Waals surface area contributed by atoms with Crippen molar-refractivity contribution >= 4 is 47.6 Å². The normalized spacial score (nSPS) is 17.1. The van der Waals surface area contributed by atoms with Crippen molar-refractivity contribution in [2.45, 2.75) is 32.1 Å². The number of thioether (sulfide) groups is 1. The number of hydrogen-bond donors (Lipinski definition) is 2. The molecule has 0 spiro atoms. The van der Waals surface area contributed by atoms with E-state index in [0.29, 0.717) is 11.8 Å². The van der Waals surface area contributed by atoms with E-state index in [2.05, 4.69) is 34.4 Å². The number of rotatable bonds is 7. The molecule has 2 N–H and O–H groups in total. The molecule has 1 aliphatic heterocycles. The zero-order valence-electron chi connectivity index (χ0n) is 16.4. The summed E-state index contributed by atoms with van der Waals surface area (Å²) in [7, 11) is 1.64. The fourth-order valence-electron chi connectivity index (χ4n) is 2.73. The summed E-state index contributed by atoms with van der Waals surface area (Å²) in [6, 6.07) is 7.67. The number of aliphatic imine (C=N–C) groups is 1. The summed E-state index contributed by atoms with van der Waals surface area (Å²) in [5.74, 6) is 2.68. The summed E-state index contributed by atoms with van der Waals surface area (Å²) in [5.41, 5.74) is 1.04. The molecule has 1 unspecified atom stereocenters. The van der Waals surface area contributed by atoms with Crippen molar-refractivity contribution in [2.75, 3.05) is 39.0 Å². The topological polar surface area (TPSA) is 66.0 Å². The number of ether oxygens (including phenoxy) is 1. The molecule has 1 aromatic rings. The monoisotopic (exact) mass is 506 g/mol. The predicted octanol–water partition coefficient (Wildman–Crippen LogP) is 2.72. The molecule has 0 bridgehead atoms. The molecule has 0 aromatic heterocycles. The number of carbonyl (C=O) groups excluding carboxylic acids is 1. The number of hydrogen-bond acceptors (Lipinski definition) is 4. The number of halogens is 1. The van der Waals surface area contributed by atoms with E-state index in [1.54, 1.807) is 7.11 Å². The van der Waals surface area contributed by atoms with Gasteiger partial charge in [-0.3, -0.25) is 4.79 Å². The first-order valence-electron chi connectivity index (χ1n) is 9.20. The summed E-state index contributed by atoms with van der Waals surface area (Å²) < 4.78 is 5.14. The molecule has 1 aromatic carbocycles. The van der Waals surface area contributed by atoms with Gasteiger partial charge in [-0.25, -0.2) is 4.99 Å². The molecule has 6 nitrogen and oxygen atoms in total. The third-order valence-corrected chi connectivity index (χ3v) is 5.62. The Morgan fingerprint density at radius 3 is 2.67 bits per heavy atom. The molecule has 8 heteroatoms. The molecule has 1 heterocycles. The summed E-state index contributed by atoms with van der Waals surface area (Å²) in [4.78, 5) is 19.0. The van der Waals surface area contributed by atoms with Crippen LogP contribution in [0.2, 0.25) is 0 Å². The first-order chi connectivity index (χ1) is 12.7. The van der Waals surface area contributed by atoms with Crippen molar-refractivity contribution in [3.8, 4) is 5.75 Å². The molecule has 0 radical (unpaired) electrons. The number of nitrogens with zero attached hydrogens (tertiary/aromatic N) is 2. The minimum absolute atomic E-state index is 0. The summed E-state index contributed by atoms with van der Waals surface area (Å²) >= 11 is 2.02. The van der Waals surface area contributed by atoms with E-state index < -0.39 is 0 Å². The first-order valence-corrected chi connectivity index (χ1v) is 10.3. The molecule has 1 aliphatic rings. The van der Waals surface area contributed by atoms with Gasteiger partial charge in [-0.2, -0.15) is 11.8 Å². The highest BCUT2D eigenvalue weighted by atomic mass is 127. The second-order valence-corrected chi connectivity index (χ2v) is 7.55. The number of amides is 1. The van der Waals surface area contributed by atoms with E-state index in [1.807, 2.05) is 36.0 Å². The van der Waals surface area contributed by atoms with Gasteiger partial charge < -0.3 is 20.3 Å². The first kappa shape index (κ1) is 23.9. The van der Waals surface area contributed by atoms with Crippen LogP contribution in [0.5, 0.6) is 5.75 Å². The Bertz CT molecular complexity index is 598. The number of guanidine groups is 1. The zero-order valence-corrected chi connectivity index (χ0v) is 19.5. The van der Waals surface area contributed by atoms with Crippen LogP contribution < -0.4 is 15.4 Å². The zero-order chi connectivity index (χ0) is 18.8. The number of nitrogens with one attached hydrogen (secondary N) is 2. The lowest BCUT2D eigenvalue weighted by molar-refractivity contribution is -0.119. The lowest BCUT2D eigenvalue weighted by Crippen LogP contribution is -2.48. The molecule has 1 fully saturated rings. The molecule has 0 aliphatic carbocycles. The van der Waals surface area contributed by atoms with Gasteiger partial charge in [0.25, 0.3) is 0 Å². The van der Waals surface area contributed by atoms with Gasteiger partial charge in [0.1, 0.15) is 12.3 Å². The van der Waals surface area contributed by atoms with Crippen LogP contribution in [0.25, 0.3) is 0 Å². The van der Waals surface area contributed by atoms with Crippen LogP contribution >= 0.6 is 35.7 Å². The second kappa shape index (κ2) is 13.1. The highest BCUT2D eigenvalue weighted by Crippen LogP contribution is 2.21. The standard InChI is InChI=1S/C19H30N4O2S.HI/c1-4-17-14-23(10-11-26-17)19(20-5-2)22-13-18(24)21-12-15-6-8-16(25-3)9-7-15;/h6-9,17H,4-5,10-14H2,1-3H3,(H,20,22)(H,21,24);1H. The number of benzene rings is 1. The average molecular weight is 506 g/mol. The average Bonchev–Trinajstić information content (AvgIpc) is 2.69. The van der Waals surface area contributed by atoms with Gasteiger partial charge in [0.15, 0.2) is 5.96 Å². The Morgan fingerprint density at radius 2 is 2.04 bits per heavy atom. The van der Waals surface area contributed by atoms with Crippen LogP contribution in [0.4, 0.5) is 0 Å². The smallest absolute Gasteiger partial charge is 0.242 e. The van der Waals surface area contributed by atoms with E-state index in [0.717, 1.165) is 49.1 Å². The lowest BCUT2D eigenvalue weighted by Gasteiger charge is -2.34. The molecule has 1 saturated heterocycles. The van der Waals surface area contributed by atoms with Crippen molar-refractivity contribution < 1.29 is 9.53 Å². The molecule has 152 valence electrons. The Kier molecular flexibility index (Phi) is 11.6.